The molecule has 1 aliphatic rings. The molecule has 0 N–H and O–H groups in total. The lowest BCUT2D eigenvalue weighted by atomic mass is 9.87. The van der Waals surface area contributed by atoms with E-state index in [1.165, 1.54) is 5.56 Å². The zero-order chi connectivity index (χ0) is 25.3. The van der Waals surface area contributed by atoms with E-state index in [0.29, 0.717) is 11.7 Å². The number of allylic oxidation sites excluding steroid dienone is 1. The molecule has 7 rings (SSSR count). The first-order valence-electron chi connectivity index (χ1n) is 12.8. The molecule has 0 atom stereocenters. The maximum atomic E-state index is 6.78. The van der Waals surface area contributed by atoms with Crippen molar-refractivity contribution in [2.75, 3.05) is 0 Å². The van der Waals surface area contributed by atoms with Crippen LogP contribution in [0.15, 0.2) is 118 Å². The molecular formula is C35H23NO2. The molecule has 6 aromatic rings. The summed E-state index contributed by atoms with van der Waals surface area (Å²) >= 11 is 0. The molecule has 180 valence electrons. The Morgan fingerprint density at radius 2 is 1.53 bits per heavy atom. The van der Waals surface area contributed by atoms with Gasteiger partial charge < -0.3 is 8.83 Å². The minimum Gasteiger partial charge on any atom is -0.450 e. The summed E-state index contributed by atoms with van der Waals surface area (Å²) < 4.78 is 12.8. The summed E-state index contributed by atoms with van der Waals surface area (Å²) in [6, 6.07) is 39.2. The zero-order valence-electron chi connectivity index (χ0n) is 20.6. The Kier molecular flexibility index (Phi) is 5.49. The van der Waals surface area contributed by atoms with Gasteiger partial charge in [0.15, 0.2) is 5.76 Å². The molecule has 0 aliphatic heterocycles. The van der Waals surface area contributed by atoms with Crippen LogP contribution in [-0.2, 0) is 6.42 Å². The third-order valence-electron chi connectivity index (χ3n) is 6.98. The zero-order valence-corrected chi connectivity index (χ0v) is 20.6. The molecule has 0 saturated carbocycles. The van der Waals surface area contributed by atoms with Crippen LogP contribution in [-0.4, -0.2) is 4.98 Å². The van der Waals surface area contributed by atoms with Crippen molar-refractivity contribution in [3.05, 3.63) is 133 Å². The molecule has 0 spiro atoms. The Labute approximate surface area is 221 Å². The predicted molar refractivity (Wildman–Crippen MR) is 151 cm³/mol. The minimum absolute atomic E-state index is 0.483. The van der Waals surface area contributed by atoms with E-state index in [4.69, 9.17) is 13.8 Å². The normalized spacial score (nSPS) is 12.2. The van der Waals surface area contributed by atoms with E-state index in [1.54, 1.807) is 6.26 Å². The third kappa shape index (κ3) is 3.84. The second-order valence-electron chi connectivity index (χ2n) is 9.30. The van der Waals surface area contributed by atoms with Crippen LogP contribution in [0.3, 0.4) is 0 Å². The maximum Gasteiger partial charge on any atom is 0.264 e. The van der Waals surface area contributed by atoms with Gasteiger partial charge in [0, 0.05) is 33.4 Å². The van der Waals surface area contributed by atoms with Gasteiger partial charge >= 0.3 is 0 Å². The van der Waals surface area contributed by atoms with Crippen LogP contribution < -0.4 is 0 Å². The summed E-state index contributed by atoms with van der Waals surface area (Å²) in [6.45, 7) is 0. The van der Waals surface area contributed by atoms with Gasteiger partial charge in [0.1, 0.15) is 17.7 Å². The molecule has 4 aromatic carbocycles. The number of aromatic nitrogens is 1. The van der Waals surface area contributed by atoms with Gasteiger partial charge in [-0.1, -0.05) is 109 Å². The second kappa shape index (κ2) is 9.42. The predicted octanol–water partition coefficient (Wildman–Crippen LogP) is 9.16. The van der Waals surface area contributed by atoms with Crippen molar-refractivity contribution in [3.63, 3.8) is 0 Å². The molecule has 0 unspecified atom stereocenters. The Hall–Kier alpha value is -5.07. The molecule has 0 saturated heterocycles. The molecule has 0 fully saturated rings. The molecule has 0 radical (unpaired) electrons. The first-order chi connectivity index (χ1) is 18.9. The number of furan rings is 1. The van der Waals surface area contributed by atoms with Crippen LogP contribution >= 0.6 is 0 Å². The van der Waals surface area contributed by atoms with Gasteiger partial charge in [0.05, 0.1) is 0 Å². The average Bonchev–Trinajstić information content (AvgIpc) is 3.64. The van der Waals surface area contributed by atoms with Crippen LogP contribution in [0.1, 0.15) is 17.5 Å². The van der Waals surface area contributed by atoms with Gasteiger partial charge in [0.2, 0.25) is 0 Å². The third-order valence-corrected chi connectivity index (χ3v) is 6.98. The molecule has 3 nitrogen and oxygen atoms in total. The standard InChI is InChI=1S/C35H23NO2/c1-4-13-24(14-5-1)27-21-12-22-28(25-15-6-2-7-16-25)32(27)33-29-19-10-11-20-30(29)34(38-33)35-36-31(23-37-35)26-17-8-3-9-18-26/h1-6,8-9,11-15,17-18,20-23H,10,19H2. The minimum atomic E-state index is 0.483. The van der Waals surface area contributed by atoms with E-state index in [9.17, 15) is 0 Å². The number of hydrogen-bond acceptors (Lipinski definition) is 3. The highest BCUT2D eigenvalue weighted by Gasteiger charge is 2.28. The number of hydrogen-bond donors (Lipinski definition) is 0. The van der Waals surface area contributed by atoms with Gasteiger partial charge in [-0.15, -0.1) is 0 Å². The molecule has 0 bridgehead atoms. The van der Waals surface area contributed by atoms with Gasteiger partial charge in [-0.25, -0.2) is 4.98 Å². The Morgan fingerprint density at radius 1 is 0.737 bits per heavy atom. The first-order valence-corrected chi connectivity index (χ1v) is 12.8. The molecule has 2 heterocycles. The number of fused-ring (bicyclic) bond motifs is 1. The van der Waals surface area contributed by atoms with Crippen LogP contribution in [0, 0.1) is 12.1 Å². The summed E-state index contributed by atoms with van der Waals surface area (Å²) in [7, 11) is 0. The lowest BCUT2D eigenvalue weighted by Gasteiger charge is -2.15. The fraction of sp³-hybridized carbons (Fsp3) is 0.0571. The topological polar surface area (TPSA) is 39.2 Å². The molecule has 2 aromatic heterocycles. The van der Waals surface area contributed by atoms with Gasteiger partial charge in [0.25, 0.3) is 5.89 Å². The monoisotopic (exact) mass is 489 g/mol. The van der Waals surface area contributed by atoms with Crippen molar-refractivity contribution in [2.24, 2.45) is 0 Å². The van der Waals surface area contributed by atoms with Crippen LogP contribution in [0.5, 0.6) is 0 Å². The SMILES string of the molecule is c1cccc(-c2cccc(-c3ccccc3)c2-c2oc(-c3nc(-c4ccccc4)co3)c3c2CCC=C3)c#1. The molecule has 0 amide bonds. The van der Waals surface area contributed by atoms with Gasteiger partial charge in [-0.05, 0) is 36.1 Å². The molecule has 1 aliphatic carbocycles. The van der Waals surface area contributed by atoms with E-state index >= 15 is 0 Å². The summed E-state index contributed by atoms with van der Waals surface area (Å²) in [5, 5.41) is 0. The Balaban J connectivity index is 1.47. The van der Waals surface area contributed by atoms with Crippen molar-refractivity contribution < 1.29 is 8.83 Å². The molecule has 38 heavy (non-hydrogen) atoms. The quantitative estimate of drug-likeness (QED) is 0.242. The fourth-order valence-corrected chi connectivity index (χ4v) is 5.20. The summed E-state index contributed by atoms with van der Waals surface area (Å²) in [5.41, 5.74) is 9.30. The van der Waals surface area contributed by atoms with Crippen LogP contribution in [0.25, 0.3) is 62.6 Å². The highest BCUT2D eigenvalue weighted by atomic mass is 16.4. The lowest BCUT2D eigenvalue weighted by Crippen LogP contribution is -1.96. The first kappa shape index (κ1) is 22.2. The summed E-state index contributed by atoms with van der Waals surface area (Å²) in [4.78, 5) is 4.82. The van der Waals surface area contributed by atoms with Crippen LogP contribution in [0.4, 0.5) is 0 Å². The van der Waals surface area contributed by atoms with E-state index < -0.39 is 0 Å². The van der Waals surface area contributed by atoms with Gasteiger partial charge in [-0.2, -0.15) is 0 Å². The largest absolute Gasteiger partial charge is 0.450 e. The second-order valence-corrected chi connectivity index (χ2v) is 9.30. The van der Waals surface area contributed by atoms with Gasteiger partial charge in [-0.3, -0.25) is 0 Å². The van der Waals surface area contributed by atoms with Crippen molar-refractivity contribution in [2.45, 2.75) is 12.8 Å². The number of rotatable bonds is 5. The van der Waals surface area contributed by atoms with Crippen LogP contribution in [0.2, 0.25) is 0 Å². The molecular weight excluding hydrogens is 466 g/mol. The fourth-order valence-electron chi connectivity index (χ4n) is 5.20. The summed E-state index contributed by atoms with van der Waals surface area (Å²) in [5.74, 6) is 1.99. The Morgan fingerprint density at radius 3 is 2.32 bits per heavy atom. The van der Waals surface area contributed by atoms with Crippen molar-refractivity contribution in [3.8, 4) is 56.5 Å². The highest BCUT2D eigenvalue weighted by Crippen LogP contribution is 2.47. The highest BCUT2D eigenvalue weighted by molar-refractivity contribution is 5.95. The van der Waals surface area contributed by atoms with Crippen molar-refractivity contribution >= 4 is 6.08 Å². The van der Waals surface area contributed by atoms with Crippen molar-refractivity contribution in [1.29, 1.82) is 0 Å². The van der Waals surface area contributed by atoms with Crippen molar-refractivity contribution in [1.82, 2.24) is 4.98 Å². The number of nitrogens with zero attached hydrogens (tertiary/aromatic N) is 1. The maximum absolute atomic E-state index is 6.78. The van der Waals surface area contributed by atoms with E-state index in [2.05, 4.69) is 72.8 Å². The smallest absolute Gasteiger partial charge is 0.264 e. The molecule has 3 heteroatoms. The Bertz CT molecular complexity index is 1680. The number of benzene rings is 3. The number of oxazole rings is 1. The van der Waals surface area contributed by atoms with E-state index in [-0.39, 0.29) is 0 Å². The lowest BCUT2D eigenvalue weighted by molar-refractivity contribution is 0.523. The average molecular weight is 490 g/mol. The van der Waals surface area contributed by atoms with E-state index in [0.717, 1.165) is 63.2 Å². The van der Waals surface area contributed by atoms with E-state index in [1.807, 2.05) is 48.5 Å². The summed E-state index contributed by atoms with van der Waals surface area (Å²) in [6.07, 6.45) is 7.86.